The van der Waals surface area contributed by atoms with Crippen LogP contribution in [-0.4, -0.2) is 19.4 Å². The van der Waals surface area contributed by atoms with Crippen molar-refractivity contribution < 1.29 is 4.79 Å². The molecule has 0 aromatic carbocycles. The number of hydrogen-bond acceptors (Lipinski definition) is 3. The number of aldehydes is 1. The van der Waals surface area contributed by atoms with Crippen LogP contribution in [0.5, 0.6) is 0 Å². The molecule has 1 aliphatic heterocycles. The Morgan fingerprint density at radius 2 is 2.27 bits per heavy atom. The fourth-order valence-corrected chi connectivity index (χ4v) is 2.89. The normalized spacial score (nSPS) is 18.1. The van der Waals surface area contributed by atoms with Crippen molar-refractivity contribution in [2.75, 3.05) is 18.0 Å². The van der Waals surface area contributed by atoms with E-state index in [2.05, 4.69) is 17.2 Å². The van der Waals surface area contributed by atoms with E-state index in [-0.39, 0.29) is 0 Å². The average Bonchev–Trinajstić information content (AvgIpc) is 2.78. The molecular formula is C12H17NOS. The Kier molecular flexibility index (Phi) is 3.41. The van der Waals surface area contributed by atoms with Crippen LogP contribution in [-0.2, 0) is 0 Å². The zero-order valence-corrected chi connectivity index (χ0v) is 9.93. The molecule has 0 spiro atoms. The Morgan fingerprint density at radius 1 is 1.53 bits per heavy atom. The van der Waals surface area contributed by atoms with E-state index in [4.69, 9.17) is 0 Å². The van der Waals surface area contributed by atoms with Gasteiger partial charge < -0.3 is 4.90 Å². The minimum Gasteiger partial charge on any atom is -0.371 e. The van der Waals surface area contributed by atoms with E-state index in [1.807, 2.05) is 6.07 Å². The van der Waals surface area contributed by atoms with Crippen molar-refractivity contribution in [1.82, 2.24) is 0 Å². The zero-order chi connectivity index (χ0) is 10.7. The van der Waals surface area contributed by atoms with Gasteiger partial charge in [0, 0.05) is 24.2 Å². The van der Waals surface area contributed by atoms with Crippen LogP contribution < -0.4 is 4.90 Å². The molecule has 82 valence electrons. The predicted octanol–water partition coefficient (Wildman–Crippen LogP) is 3.19. The zero-order valence-electron chi connectivity index (χ0n) is 9.11. The van der Waals surface area contributed by atoms with Gasteiger partial charge in [-0.1, -0.05) is 13.3 Å². The maximum absolute atomic E-state index is 10.6. The smallest absolute Gasteiger partial charge is 0.160 e. The number of thiophene rings is 1. The van der Waals surface area contributed by atoms with Gasteiger partial charge in [0.2, 0.25) is 0 Å². The molecule has 1 aliphatic rings. The summed E-state index contributed by atoms with van der Waals surface area (Å²) in [5, 5.41) is 2.09. The maximum atomic E-state index is 10.6. The molecule has 0 unspecified atom stereocenters. The van der Waals surface area contributed by atoms with Crippen LogP contribution in [0.15, 0.2) is 11.4 Å². The third-order valence-corrected chi connectivity index (χ3v) is 4.12. The highest BCUT2D eigenvalue weighted by atomic mass is 32.1. The van der Waals surface area contributed by atoms with E-state index >= 15 is 0 Å². The molecule has 1 saturated heterocycles. The van der Waals surface area contributed by atoms with Gasteiger partial charge in [0.1, 0.15) is 0 Å². The largest absolute Gasteiger partial charge is 0.371 e. The van der Waals surface area contributed by atoms with Gasteiger partial charge >= 0.3 is 0 Å². The molecule has 1 fully saturated rings. The van der Waals surface area contributed by atoms with Crippen molar-refractivity contribution in [2.24, 2.45) is 5.92 Å². The summed E-state index contributed by atoms with van der Waals surface area (Å²) in [5.41, 5.74) is 1.23. The van der Waals surface area contributed by atoms with Crippen molar-refractivity contribution in [3.8, 4) is 0 Å². The Hall–Kier alpha value is -0.830. The number of anilines is 1. The SMILES string of the molecule is CCC1CCN(c2csc(C=O)c2)CC1. The number of carbonyl (C=O) groups excluding carboxylic acids is 1. The summed E-state index contributed by atoms with van der Waals surface area (Å²) >= 11 is 1.54. The van der Waals surface area contributed by atoms with Gasteiger partial charge in [-0.15, -0.1) is 11.3 Å². The minimum absolute atomic E-state index is 0.836. The van der Waals surface area contributed by atoms with Gasteiger partial charge in [-0.3, -0.25) is 4.79 Å². The van der Waals surface area contributed by atoms with Gasteiger partial charge in [-0.2, -0.15) is 0 Å². The molecule has 1 aromatic rings. The summed E-state index contributed by atoms with van der Waals surface area (Å²) in [6.07, 6.45) is 4.83. The molecule has 0 radical (unpaired) electrons. The lowest BCUT2D eigenvalue weighted by Gasteiger charge is -2.32. The molecule has 0 saturated carbocycles. The fourth-order valence-electron chi connectivity index (χ4n) is 2.17. The average molecular weight is 223 g/mol. The van der Waals surface area contributed by atoms with E-state index in [1.165, 1.54) is 24.9 Å². The second kappa shape index (κ2) is 4.79. The Bertz CT molecular complexity index is 326. The van der Waals surface area contributed by atoms with Crippen molar-refractivity contribution in [3.05, 3.63) is 16.3 Å². The second-order valence-electron chi connectivity index (χ2n) is 4.16. The van der Waals surface area contributed by atoms with Crippen molar-refractivity contribution in [1.29, 1.82) is 0 Å². The first-order chi connectivity index (χ1) is 7.33. The minimum atomic E-state index is 0.836. The first kappa shape index (κ1) is 10.7. The summed E-state index contributed by atoms with van der Waals surface area (Å²) in [5.74, 6) is 0.908. The van der Waals surface area contributed by atoms with Crippen molar-refractivity contribution in [3.63, 3.8) is 0 Å². The molecule has 2 rings (SSSR count). The molecular weight excluding hydrogens is 206 g/mol. The predicted molar refractivity (Wildman–Crippen MR) is 64.9 cm³/mol. The van der Waals surface area contributed by atoms with Gasteiger partial charge in [-0.25, -0.2) is 0 Å². The van der Waals surface area contributed by atoms with Gasteiger partial charge in [0.15, 0.2) is 6.29 Å². The van der Waals surface area contributed by atoms with E-state index in [0.717, 1.165) is 30.2 Å². The highest BCUT2D eigenvalue weighted by molar-refractivity contribution is 7.12. The maximum Gasteiger partial charge on any atom is 0.160 e. The van der Waals surface area contributed by atoms with E-state index in [1.54, 1.807) is 11.3 Å². The van der Waals surface area contributed by atoms with Crippen LogP contribution in [0.25, 0.3) is 0 Å². The summed E-state index contributed by atoms with van der Waals surface area (Å²) in [6.45, 7) is 4.57. The van der Waals surface area contributed by atoms with Crippen LogP contribution in [0.1, 0.15) is 35.9 Å². The second-order valence-corrected chi connectivity index (χ2v) is 5.11. The molecule has 0 N–H and O–H groups in total. The van der Waals surface area contributed by atoms with Crippen LogP contribution >= 0.6 is 11.3 Å². The standard InChI is InChI=1S/C12H17NOS/c1-2-10-3-5-13(6-4-10)11-7-12(8-14)15-9-11/h7-10H,2-6H2,1H3. The summed E-state index contributed by atoms with van der Waals surface area (Å²) in [4.78, 5) is 13.8. The highest BCUT2D eigenvalue weighted by Crippen LogP contribution is 2.27. The van der Waals surface area contributed by atoms with Gasteiger partial charge in [0.25, 0.3) is 0 Å². The number of hydrogen-bond donors (Lipinski definition) is 0. The molecule has 0 atom stereocenters. The van der Waals surface area contributed by atoms with E-state index < -0.39 is 0 Å². The third-order valence-electron chi connectivity index (χ3n) is 3.28. The molecule has 0 aliphatic carbocycles. The van der Waals surface area contributed by atoms with Crippen molar-refractivity contribution in [2.45, 2.75) is 26.2 Å². The van der Waals surface area contributed by atoms with Crippen LogP contribution in [0.4, 0.5) is 5.69 Å². The highest BCUT2D eigenvalue weighted by Gasteiger charge is 2.18. The number of piperidine rings is 1. The van der Waals surface area contributed by atoms with Crippen molar-refractivity contribution >= 4 is 23.3 Å². The molecule has 2 nitrogen and oxygen atoms in total. The fraction of sp³-hybridized carbons (Fsp3) is 0.583. The summed E-state index contributed by atoms with van der Waals surface area (Å²) < 4.78 is 0. The Labute approximate surface area is 94.9 Å². The van der Waals surface area contributed by atoms with Crippen LogP contribution in [0, 0.1) is 5.92 Å². The van der Waals surface area contributed by atoms with Crippen LogP contribution in [0.2, 0.25) is 0 Å². The Morgan fingerprint density at radius 3 is 2.80 bits per heavy atom. The Balaban J connectivity index is 1.97. The third kappa shape index (κ3) is 2.40. The lowest BCUT2D eigenvalue weighted by atomic mass is 9.94. The quantitative estimate of drug-likeness (QED) is 0.733. The first-order valence-corrected chi connectivity index (χ1v) is 6.50. The van der Waals surface area contributed by atoms with E-state index in [9.17, 15) is 4.79 Å². The summed E-state index contributed by atoms with van der Waals surface area (Å²) in [6, 6.07) is 2.00. The van der Waals surface area contributed by atoms with Gasteiger partial charge in [-0.05, 0) is 24.8 Å². The number of rotatable bonds is 3. The summed E-state index contributed by atoms with van der Waals surface area (Å²) in [7, 11) is 0. The first-order valence-electron chi connectivity index (χ1n) is 5.62. The molecule has 2 heterocycles. The molecule has 15 heavy (non-hydrogen) atoms. The molecule has 0 amide bonds. The monoisotopic (exact) mass is 223 g/mol. The lowest BCUT2D eigenvalue weighted by molar-refractivity contribution is 0.112. The van der Waals surface area contributed by atoms with Crippen LogP contribution in [0.3, 0.4) is 0 Å². The lowest BCUT2D eigenvalue weighted by Crippen LogP contribution is -2.33. The topological polar surface area (TPSA) is 20.3 Å². The number of nitrogens with zero attached hydrogens (tertiary/aromatic N) is 1. The molecule has 1 aromatic heterocycles. The number of carbonyl (C=O) groups is 1. The molecule has 3 heteroatoms. The van der Waals surface area contributed by atoms with Gasteiger partial charge in [0.05, 0.1) is 4.88 Å². The van der Waals surface area contributed by atoms with E-state index in [0.29, 0.717) is 0 Å². The molecule has 0 bridgehead atoms.